The molecule has 0 aliphatic carbocycles. The highest BCUT2D eigenvalue weighted by Gasteiger charge is 2.35. The van der Waals surface area contributed by atoms with E-state index in [1.807, 2.05) is 0 Å². The molecule has 0 bridgehead atoms. The first kappa shape index (κ1) is 14.2. The van der Waals surface area contributed by atoms with E-state index in [4.69, 9.17) is 5.73 Å². The van der Waals surface area contributed by atoms with Crippen LogP contribution in [0.4, 0.5) is 13.2 Å². The van der Waals surface area contributed by atoms with Gasteiger partial charge in [0.1, 0.15) is 0 Å². The van der Waals surface area contributed by atoms with E-state index in [1.54, 1.807) is 0 Å². The number of carbonyl (C=O) groups is 1. The largest absolute Gasteiger partial charge is 0.573 e. The molecule has 1 aromatic rings. The van der Waals surface area contributed by atoms with E-state index >= 15 is 0 Å². The summed E-state index contributed by atoms with van der Waals surface area (Å²) < 4.78 is 45.0. The number of carbonyl (C=O) groups excluding carboxylic acids is 1. The minimum atomic E-state index is -4.94. The number of methoxy groups -OCH3 is 1. The third-order valence-electron chi connectivity index (χ3n) is 2.15. The number of rotatable bonds is 3. The van der Waals surface area contributed by atoms with Crippen LogP contribution in [0.1, 0.15) is 21.6 Å². The maximum Gasteiger partial charge on any atom is 0.573 e. The molecule has 1 heterocycles. The van der Waals surface area contributed by atoms with Gasteiger partial charge in [0.2, 0.25) is 0 Å². The van der Waals surface area contributed by atoms with Crippen molar-refractivity contribution < 1.29 is 27.4 Å². The Hall–Kier alpha value is -1.83. The van der Waals surface area contributed by atoms with Gasteiger partial charge in [-0.3, -0.25) is 0 Å². The molecule has 0 radical (unpaired) electrons. The summed E-state index contributed by atoms with van der Waals surface area (Å²) in [6.45, 7) is 1.29. The molecule has 1 aromatic heterocycles. The second-order valence-electron chi connectivity index (χ2n) is 3.34. The third-order valence-corrected chi connectivity index (χ3v) is 2.15. The number of esters is 1. The monoisotopic (exact) mass is 264 g/mol. The van der Waals surface area contributed by atoms with Gasteiger partial charge in [0.05, 0.1) is 7.11 Å². The summed E-state index contributed by atoms with van der Waals surface area (Å²) >= 11 is 0. The first-order chi connectivity index (χ1) is 8.30. The van der Waals surface area contributed by atoms with Gasteiger partial charge in [-0.25, -0.2) is 9.78 Å². The van der Waals surface area contributed by atoms with Crippen LogP contribution in [0, 0.1) is 6.92 Å². The van der Waals surface area contributed by atoms with Crippen molar-refractivity contribution in [3.8, 4) is 5.75 Å². The van der Waals surface area contributed by atoms with Crippen molar-refractivity contribution >= 4 is 5.97 Å². The van der Waals surface area contributed by atoms with Crippen LogP contribution in [-0.4, -0.2) is 24.4 Å². The lowest BCUT2D eigenvalue weighted by molar-refractivity contribution is -0.275. The van der Waals surface area contributed by atoms with Gasteiger partial charge in [-0.1, -0.05) is 0 Å². The summed E-state index contributed by atoms with van der Waals surface area (Å²) in [5.41, 5.74) is 5.25. The predicted molar refractivity (Wildman–Crippen MR) is 54.9 cm³/mol. The quantitative estimate of drug-likeness (QED) is 0.838. The molecule has 0 saturated carbocycles. The summed E-state index contributed by atoms with van der Waals surface area (Å²) in [6.07, 6.45) is -3.71. The Balaban J connectivity index is 3.39. The number of aryl methyl sites for hydroxylation is 1. The smallest absolute Gasteiger partial charge is 0.464 e. The number of nitrogens with two attached hydrogens (primary N) is 1. The molecule has 18 heavy (non-hydrogen) atoms. The van der Waals surface area contributed by atoms with Gasteiger partial charge in [0, 0.05) is 18.3 Å². The zero-order chi connectivity index (χ0) is 13.9. The van der Waals surface area contributed by atoms with Crippen LogP contribution in [0.5, 0.6) is 5.75 Å². The van der Waals surface area contributed by atoms with E-state index < -0.39 is 23.8 Å². The number of aromatic nitrogens is 1. The fourth-order valence-corrected chi connectivity index (χ4v) is 1.34. The molecule has 0 aliphatic heterocycles. The highest BCUT2D eigenvalue weighted by Crippen LogP contribution is 2.31. The molecule has 5 nitrogen and oxygen atoms in total. The molecule has 8 heteroatoms. The zero-order valence-electron chi connectivity index (χ0n) is 9.67. The van der Waals surface area contributed by atoms with Crippen LogP contribution in [-0.2, 0) is 11.3 Å². The van der Waals surface area contributed by atoms with Crippen LogP contribution in [0.15, 0.2) is 6.20 Å². The second-order valence-corrected chi connectivity index (χ2v) is 3.34. The first-order valence-electron chi connectivity index (χ1n) is 4.82. The molecule has 0 spiro atoms. The highest BCUT2D eigenvalue weighted by atomic mass is 19.4. The standard InChI is InChI=1S/C10H11F3N2O3/c1-5-4-15-7(9(16)17-2)8(6(5)3-14)18-10(11,12)13/h4H,3,14H2,1-2H3. The molecule has 0 aromatic carbocycles. The summed E-state index contributed by atoms with van der Waals surface area (Å²) in [4.78, 5) is 14.9. The number of halogens is 3. The predicted octanol–water partition coefficient (Wildman–Crippen LogP) is 1.53. The van der Waals surface area contributed by atoms with Crippen molar-refractivity contribution in [2.24, 2.45) is 5.73 Å². The molecular formula is C10H11F3N2O3. The lowest BCUT2D eigenvalue weighted by atomic mass is 10.1. The molecule has 0 amide bonds. The fraction of sp³-hybridized carbons (Fsp3) is 0.400. The van der Waals surface area contributed by atoms with Gasteiger partial charge in [-0.2, -0.15) is 0 Å². The number of hydrogen-bond acceptors (Lipinski definition) is 5. The van der Waals surface area contributed by atoms with Crippen LogP contribution in [0.3, 0.4) is 0 Å². The van der Waals surface area contributed by atoms with E-state index in [0.29, 0.717) is 5.56 Å². The van der Waals surface area contributed by atoms with Gasteiger partial charge in [0.25, 0.3) is 0 Å². The Kier molecular flexibility index (Phi) is 4.12. The molecule has 100 valence electrons. The number of pyridine rings is 1. The van der Waals surface area contributed by atoms with Crippen molar-refractivity contribution in [3.63, 3.8) is 0 Å². The lowest BCUT2D eigenvalue weighted by Gasteiger charge is -2.16. The molecule has 1 rings (SSSR count). The van der Waals surface area contributed by atoms with Crippen molar-refractivity contribution in [1.82, 2.24) is 4.98 Å². The van der Waals surface area contributed by atoms with Crippen LogP contribution in [0.25, 0.3) is 0 Å². The maximum absolute atomic E-state index is 12.3. The van der Waals surface area contributed by atoms with Gasteiger partial charge >= 0.3 is 12.3 Å². The SMILES string of the molecule is COC(=O)c1ncc(C)c(CN)c1OC(F)(F)F. The van der Waals surface area contributed by atoms with Crippen LogP contribution in [0.2, 0.25) is 0 Å². The van der Waals surface area contributed by atoms with E-state index in [0.717, 1.165) is 7.11 Å². The second kappa shape index (κ2) is 5.21. The van der Waals surface area contributed by atoms with Gasteiger partial charge in [-0.15, -0.1) is 13.2 Å². The van der Waals surface area contributed by atoms with Crippen molar-refractivity contribution in [3.05, 3.63) is 23.0 Å². The summed E-state index contributed by atoms with van der Waals surface area (Å²) in [5, 5.41) is 0. The Morgan fingerprint density at radius 3 is 2.56 bits per heavy atom. The first-order valence-corrected chi connectivity index (χ1v) is 4.82. The molecule has 0 unspecified atom stereocenters. The minimum Gasteiger partial charge on any atom is -0.464 e. The minimum absolute atomic E-state index is 0.0581. The van der Waals surface area contributed by atoms with Crippen molar-refractivity contribution in [2.45, 2.75) is 19.8 Å². The lowest BCUT2D eigenvalue weighted by Crippen LogP contribution is -2.22. The molecule has 0 atom stereocenters. The molecule has 0 saturated heterocycles. The van der Waals surface area contributed by atoms with Crippen molar-refractivity contribution in [1.29, 1.82) is 0 Å². The van der Waals surface area contributed by atoms with Crippen LogP contribution < -0.4 is 10.5 Å². The normalized spacial score (nSPS) is 11.2. The Morgan fingerprint density at radius 2 is 2.11 bits per heavy atom. The average Bonchev–Trinajstić information content (AvgIpc) is 2.26. The van der Waals surface area contributed by atoms with E-state index in [9.17, 15) is 18.0 Å². The van der Waals surface area contributed by atoms with E-state index in [-0.39, 0.29) is 12.1 Å². The summed E-state index contributed by atoms with van der Waals surface area (Å²) in [7, 11) is 1.03. The number of hydrogen-bond donors (Lipinski definition) is 1. The highest BCUT2D eigenvalue weighted by molar-refractivity contribution is 5.90. The Morgan fingerprint density at radius 1 is 1.50 bits per heavy atom. The third kappa shape index (κ3) is 3.10. The summed E-state index contributed by atoms with van der Waals surface area (Å²) in [5.74, 6) is -1.74. The molecule has 2 N–H and O–H groups in total. The number of ether oxygens (including phenoxy) is 2. The summed E-state index contributed by atoms with van der Waals surface area (Å²) in [6, 6.07) is 0. The van der Waals surface area contributed by atoms with Gasteiger partial charge in [0.15, 0.2) is 11.4 Å². The number of alkyl halides is 3. The fourth-order valence-electron chi connectivity index (χ4n) is 1.34. The maximum atomic E-state index is 12.3. The Bertz CT molecular complexity index is 460. The van der Waals surface area contributed by atoms with Crippen molar-refractivity contribution in [2.75, 3.05) is 7.11 Å². The number of nitrogens with zero attached hydrogens (tertiary/aromatic N) is 1. The van der Waals surface area contributed by atoms with E-state index in [2.05, 4.69) is 14.5 Å². The van der Waals surface area contributed by atoms with Crippen LogP contribution >= 0.6 is 0 Å². The van der Waals surface area contributed by atoms with Gasteiger partial charge < -0.3 is 15.2 Å². The Labute approximate surface area is 101 Å². The molecular weight excluding hydrogens is 253 g/mol. The van der Waals surface area contributed by atoms with Gasteiger partial charge in [-0.05, 0) is 12.5 Å². The van der Waals surface area contributed by atoms with E-state index in [1.165, 1.54) is 13.1 Å². The molecule has 0 aliphatic rings. The molecule has 0 fully saturated rings. The average molecular weight is 264 g/mol. The topological polar surface area (TPSA) is 74.4 Å². The zero-order valence-corrected chi connectivity index (χ0v) is 9.67.